The van der Waals surface area contributed by atoms with Gasteiger partial charge in [0.15, 0.2) is 5.96 Å². The van der Waals surface area contributed by atoms with Crippen LogP contribution in [0, 0.1) is 11.6 Å². The Morgan fingerprint density at radius 2 is 2.06 bits per heavy atom. The van der Waals surface area contributed by atoms with E-state index in [-0.39, 0.29) is 5.69 Å². The molecule has 1 aromatic rings. The van der Waals surface area contributed by atoms with E-state index in [1.165, 1.54) is 0 Å². The summed E-state index contributed by atoms with van der Waals surface area (Å²) in [6, 6.07) is 2.56. The van der Waals surface area contributed by atoms with Crippen molar-refractivity contribution in [1.82, 2.24) is 0 Å². The van der Waals surface area contributed by atoms with Crippen molar-refractivity contribution >= 4 is 11.6 Å². The van der Waals surface area contributed by atoms with E-state index in [0.29, 0.717) is 0 Å². The fraction of sp³-hybridized carbons (Fsp3) is 0.300. The van der Waals surface area contributed by atoms with Crippen LogP contribution in [0.15, 0.2) is 23.2 Å². The zero-order valence-electron chi connectivity index (χ0n) is 9.13. The number of nitrogens with one attached hydrogen (secondary N) is 1. The second-order valence-electron chi connectivity index (χ2n) is 3.46. The first-order valence-corrected chi connectivity index (χ1v) is 4.85. The second kappa shape index (κ2) is 5.67. The lowest BCUT2D eigenvalue weighted by Crippen LogP contribution is -2.30. The number of benzene rings is 1. The van der Waals surface area contributed by atoms with Crippen molar-refractivity contribution in [2.45, 2.75) is 5.92 Å². The van der Waals surface area contributed by atoms with Crippen LogP contribution in [-0.4, -0.2) is 30.1 Å². The molecule has 18 heavy (non-hydrogen) atoms. The average Bonchev–Trinajstić information content (AvgIpc) is 2.31. The van der Waals surface area contributed by atoms with E-state index >= 15 is 0 Å². The molecular weight excluding hydrogens is 254 g/mol. The zero-order chi connectivity index (χ0) is 13.8. The Labute approximate surface area is 100 Å². The van der Waals surface area contributed by atoms with Gasteiger partial charge in [0.25, 0.3) is 5.92 Å². The number of aliphatic hydroxyl groups is 1. The van der Waals surface area contributed by atoms with Crippen molar-refractivity contribution < 1.29 is 22.7 Å². The molecule has 0 atom stereocenters. The SMILES string of the molecule is NC(=NCC(F)(F)CO)Nc1cc(F)ccc1F. The average molecular weight is 265 g/mol. The Bertz CT molecular complexity index is 451. The number of hydrogen-bond donors (Lipinski definition) is 3. The first kappa shape index (κ1) is 14.2. The van der Waals surface area contributed by atoms with E-state index in [4.69, 9.17) is 10.8 Å². The molecule has 0 aliphatic carbocycles. The third-order valence-electron chi connectivity index (χ3n) is 1.90. The van der Waals surface area contributed by atoms with Gasteiger partial charge < -0.3 is 16.2 Å². The van der Waals surface area contributed by atoms with Crippen molar-refractivity contribution in [3.8, 4) is 0 Å². The van der Waals surface area contributed by atoms with Gasteiger partial charge in [-0.2, -0.15) is 0 Å². The number of nitrogens with two attached hydrogens (primary N) is 1. The number of anilines is 1. The number of rotatable bonds is 4. The van der Waals surface area contributed by atoms with E-state index < -0.39 is 36.7 Å². The molecule has 0 heterocycles. The highest BCUT2D eigenvalue weighted by Crippen LogP contribution is 2.15. The number of nitrogens with zero attached hydrogens (tertiary/aromatic N) is 1. The lowest BCUT2D eigenvalue weighted by atomic mass is 10.3. The van der Waals surface area contributed by atoms with E-state index in [9.17, 15) is 17.6 Å². The van der Waals surface area contributed by atoms with Crippen molar-refractivity contribution in [3.05, 3.63) is 29.8 Å². The van der Waals surface area contributed by atoms with Crippen molar-refractivity contribution in [1.29, 1.82) is 0 Å². The monoisotopic (exact) mass is 265 g/mol. The predicted octanol–water partition coefficient (Wildman–Crippen LogP) is 1.32. The van der Waals surface area contributed by atoms with Crippen LogP contribution in [-0.2, 0) is 0 Å². The molecular formula is C10H11F4N3O. The van der Waals surface area contributed by atoms with E-state index in [2.05, 4.69) is 10.3 Å². The summed E-state index contributed by atoms with van der Waals surface area (Å²) in [7, 11) is 0. The molecule has 4 nitrogen and oxygen atoms in total. The number of aliphatic hydroxyl groups excluding tert-OH is 1. The summed E-state index contributed by atoms with van der Waals surface area (Å²) in [6.45, 7) is -2.43. The summed E-state index contributed by atoms with van der Waals surface area (Å²) in [5.74, 6) is -5.43. The summed E-state index contributed by atoms with van der Waals surface area (Å²) < 4.78 is 51.2. The topological polar surface area (TPSA) is 70.6 Å². The molecule has 0 saturated heterocycles. The van der Waals surface area contributed by atoms with Gasteiger partial charge in [0.2, 0.25) is 0 Å². The molecule has 0 bridgehead atoms. The van der Waals surface area contributed by atoms with E-state index in [1.54, 1.807) is 0 Å². The third kappa shape index (κ3) is 4.21. The third-order valence-corrected chi connectivity index (χ3v) is 1.90. The molecule has 0 fully saturated rings. The van der Waals surface area contributed by atoms with Crippen molar-refractivity contribution in [3.63, 3.8) is 0 Å². The Morgan fingerprint density at radius 1 is 1.39 bits per heavy atom. The van der Waals surface area contributed by atoms with Gasteiger partial charge >= 0.3 is 0 Å². The van der Waals surface area contributed by atoms with Crippen LogP contribution >= 0.6 is 0 Å². The summed E-state index contributed by atoms with van der Waals surface area (Å²) in [4.78, 5) is 3.22. The van der Waals surface area contributed by atoms with Crippen LogP contribution in [0.2, 0.25) is 0 Å². The van der Waals surface area contributed by atoms with Crippen LogP contribution in [0.25, 0.3) is 0 Å². The van der Waals surface area contributed by atoms with Crippen LogP contribution < -0.4 is 11.1 Å². The molecule has 100 valence electrons. The fourth-order valence-electron chi connectivity index (χ4n) is 1.02. The lowest BCUT2D eigenvalue weighted by molar-refractivity contribution is -0.0404. The number of alkyl halides is 2. The van der Waals surface area contributed by atoms with Gasteiger partial charge in [-0.25, -0.2) is 22.6 Å². The van der Waals surface area contributed by atoms with Gasteiger partial charge in [-0.3, -0.25) is 0 Å². The molecule has 0 aliphatic rings. The van der Waals surface area contributed by atoms with Gasteiger partial charge in [-0.15, -0.1) is 0 Å². The van der Waals surface area contributed by atoms with Gasteiger partial charge in [-0.1, -0.05) is 0 Å². The highest BCUT2D eigenvalue weighted by molar-refractivity contribution is 5.92. The molecule has 0 aromatic heterocycles. The van der Waals surface area contributed by atoms with Crippen LogP contribution in [0.4, 0.5) is 23.2 Å². The van der Waals surface area contributed by atoms with E-state index in [0.717, 1.165) is 18.2 Å². The molecule has 0 spiro atoms. The number of guanidine groups is 1. The van der Waals surface area contributed by atoms with Crippen molar-refractivity contribution in [2.75, 3.05) is 18.5 Å². The first-order chi connectivity index (χ1) is 8.34. The molecule has 1 aromatic carbocycles. The molecule has 0 unspecified atom stereocenters. The maximum Gasteiger partial charge on any atom is 0.289 e. The van der Waals surface area contributed by atoms with Crippen LogP contribution in [0.5, 0.6) is 0 Å². The second-order valence-corrected chi connectivity index (χ2v) is 3.46. The van der Waals surface area contributed by atoms with Crippen molar-refractivity contribution in [2.24, 2.45) is 10.7 Å². The Balaban J connectivity index is 2.72. The summed E-state index contributed by atoms with van der Waals surface area (Å²) >= 11 is 0. The molecule has 0 radical (unpaired) electrons. The molecule has 1 rings (SSSR count). The minimum atomic E-state index is -3.41. The first-order valence-electron chi connectivity index (χ1n) is 4.85. The van der Waals surface area contributed by atoms with E-state index in [1.807, 2.05) is 0 Å². The lowest BCUT2D eigenvalue weighted by Gasteiger charge is -2.11. The smallest absolute Gasteiger partial charge is 0.289 e. The minimum absolute atomic E-state index is 0.316. The van der Waals surface area contributed by atoms with Crippen LogP contribution in [0.3, 0.4) is 0 Å². The van der Waals surface area contributed by atoms with Gasteiger partial charge in [-0.05, 0) is 12.1 Å². The maximum absolute atomic E-state index is 13.1. The number of aliphatic imine (C=N–C) groups is 1. The molecule has 8 heteroatoms. The largest absolute Gasteiger partial charge is 0.390 e. The number of halogens is 4. The molecule has 0 amide bonds. The normalized spacial score (nSPS) is 12.6. The maximum atomic E-state index is 13.1. The minimum Gasteiger partial charge on any atom is -0.390 e. The summed E-state index contributed by atoms with van der Waals surface area (Å²) in [5.41, 5.74) is 4.91. The quantitative estimate of drug-likeness (QED) is 0.437. The standard InChI is InChI=1S/C10H11F4N3O/c11-6-1-2-7(12)8(3-6)17-9(15)16-4-10(13,14)5-18/h1-3,18H,4-5H2,(H3,15,16,17). The molecule has 0 aliphatic heterocycles. The molecule has 0 saturated carbocycles. The Morgan fingerprint density at radius 3 is 2.67 bits per heavy atom. The van der Waals surface area contributed by atoms with Gasteiger partial charge in [0.1, 0.15) is 24.8 Å². The Hall–Kier alpha value is -1.83. The fourth-order valence-corrected chi connectivity index (χ4v) is 1.02. The highest BCUT2D eigenvalue weighted by atomic mass is 19.3. The summed E-state index contributed by atoms with van der Waals surface area (Å²) in [5, 5.41) is 10.4. The summed E-state index contributed by atoms with van der Waals surface area (Å²) in [6.07, 6.45) is 0. The predicted molar refractivity (Wildman–Crippen MR) is 58.5 cm³/mol. The number of hydrogen-bond acceptors (Lipinski definition) is 2. The Kier molecular flexibility index (Phi) is 4.49. The van der Waals surface area contributed by atoms with Gasteiger partial charge in [0.05, 0.1) is 5.69 Å². The van der Waals surface area contributed by atoms with Gasteiger partial charge in [0, 0.05) is 6.07 Å². The molecule has 4 N–H and O–H groups in total. The van der Waals surface area contributed by atoms with Crippen LogP contribution in [0.1, 0.15) is 0 Å². The highest BCUT2D eigenvalue weighted by Gasteiger charge is 2.27. The zero-order valence-corrected chi connectivity index (χ0v) is 9.13.